The molecule has 8 heteroatoms. The molecule has 1 amide bonds. The molecule has 0 aliphatic heterocycles. The average Bonchev–Trinajstić information content (AvgIpc) is 2.57. The van der Waals surface area contributed by atoms with Gasteiger partial charge in [0.05, 0.1) is 24.0 Å². The molecule has 2 aromatic carbocycles. The highest BCUT2D eigenvalue weighted by Crippen LogP contribution is 2.32. The lowest BCUT2D eigenvalue weighted by Crippen LogP contribution is -2.17. The third kappa shape index (κ3) is 4.38. The maximum atomic E-state index is 12.1. The van der Waals surface area contributed by atoms with E-state index >= 15 is 0 Å². The van der Waals surface area contributed by atoms with Crippen molar-refractivity contribution in [1.82, 2.24) is 5.43 Å². The van der Waals surface area contributed by atoms with E-state index in [1.807, 2.05) is 0 Å². The van der Waals surface area contributed by atoms with Crippen LogP contribution in [0.4, 0.5) is 0 Å². The fraction of sp³-hybridized carbons (Fsp3) is 0.125. The van der Waals surface area contributed by atoms with Crippen LogP contribution in [0, 0.1) is 3.57 Å². The van der Waals surface area contributed by atoms with Crippen LogP contribution in [0.15, 0.2) is 39.9 Å². The summed E-state index contributed by atoms with van der Waals surface area (Å²) in [4.78, 5) is 12.1. The van der Waals surface area contributed by atoms with E-state index < -0.39 is 0 Å². The molecule has 2 N–H and O–H groups in total. The number of aromatic hydroxyl groups is 1. The first-order chi connectivity index (χ1) is 11.5. The lowest BCUT2D eigenvalue weighted by atomic mass is 10.2. The van der Waals surface area contributed by atoms with Gasteiger partial charge in [-0.05, 0) is 52.9 Å². The molecule has 126 valence electrons. The van der Waals surface area contributed by atoms with Crippen LogP contribution in [-0.4, -0.2) is 31.4 Å². The van der Waals surface area contributed by atoms with Gasteiger partial charge in [0, 0.05) is 15.6 Å². The SMILES string of the molecule is COc1cc(C(=O)N/N=C\c2cc(Br)cc(OC)c2O)ccc1I. The Hall–Kier alpha value is -1.81. The summed E-state index contributed by atoms with van der Waals surface area (Å²) in [6.45, 7) is 0. The number of carbonyl (C=O) groups excluding carboxylic acids is 1. The normalized spacial score (nSPS) is 10.7. The monoisotopic (exact) mass is 504 g/mol. The lowest BCUT2D eigenvalue weighted by molar-refractivity contribution is 0.0954. The van der Waals surface area contributed by atoms with Crippen LogP contribution in [0.2, 0.25) is 0 Å². The minimum absolute atomic E-state index is 0.0605. The Balaban J connectivity index is 2.14. The van der Waals surface area contributed by atoms with E-state index in [0.29, 0.717) is 27.1 Å². The van der Waals surface area contributed by atoms with Crippen molar-refractivity contribution >= 4 is 50.6 Å². The van der Waals surface area contributed by atoms with Crippen molar-refractivity contribution in [3.05, 3.63) is 49.5 Å². The molecule has 0 saturated carbocycles. The number of hydrogen-bond acceptors (Lipinski definition) is 5. The summed E-state index contributed by atoms with van der Waals surface area (Å²) in [7, 11) is 3.00. The van der Waals surface area contributed by atoms with Gasteiger partial charge in [-0.15, -0.1) is 0 Å². The molecular weight excluding hydrogens is 491 g/mol. The van der Waals surface area contributed by atoms with E-state index in [0.717, 1.165) is 3.57 Å². The Labute approximate surface area is 161 Å². The van der Waals surface area contributed by atoms with E-state index in [9.17, 15) is 9.90 Å². The molecule has 0 spiro atoms. The number of ether oxygens (including phenoxy) is 2. The Bertz CT molecular complexity index is 796. The standard InChI is InChI=1S/C16H14BrIN2O4/c1-23-13-6-9(3-4-12(13)18)16(22)20-19-8-10-5-11(17)7-14(24-2)15(10)21/h3-8,21H,1-2H3,(H,20,22)/b19-8-. The smallest absolute Gasteiger partial charge is 0.271 e. The summed E-state index contributed by atoms with van der Waals surface area (Å²) in [6, 6.07) is 8.37. The maximum absolute atomic E-state index is 12.1. The summed E-state index contributed by atoms with van der Waals surface area (Å²) >= 11 is 5.43. The second-order valence-electron chi connectivity index (χ2n) is 4.59. The van der Waals surface area contributed by atoms with Crippen LogP contribution in [0.5, 0.6) is 17.2 Å². The fourth-order valence-electron chi connectivity index (χ4n) is 1.87. The van der Waals surface area contributed by atoms with Crippen molar-refractivity contribution in [3.8, 4) is 17.2 Å². The number of benzene rings is 2. The van der Waals surface area contributed by atoms with Gasteiger partial charge in [-0.25, -0.2) is 5.43 Å². The van der Waals surface area contributed by atoms with E-state index in [-0.39, 0.29) is 11.7 Å². The predicted molar refractivity (Wildman–Crippen MR) is 103 cm³/mol. The maximum Gasteiger partial charge on any atom is 0.271 e. The summed E-state index contributed by atoms with van der Waals surface area (Å²) in [6.07, 6.45) is 1.34. The van der Waals surface area contributed by atoms with Crippen molar-refractivity contribution < 1.29 is 19.4 Å². The van der Waals surface area contributed by atoms with E-state index in [1.54, 1.807) is 37.4 Å². The third-order valence-electron chi connectivity index (χ3n) is 3.07. The van der Waals surface area contributed by atoms with Gasteiger partial charge in [-0.2, -0.15) is 5.10 Å². The van der Waals surface area contributed by atoms with Crippen molar-refractivity contribution in [2.75, 3.05) is 14.2 Å². The average molecular weight is 505 g/mol. The van der Waals surface area contributed by atoms with Crippen LogP contribution >= 0.6 is 38.5 Å². The summed E-state index contributed by atoms with van der Waals surface area (Å²) in [5, 5.41) is 13.9. The first-order valence-electron chi connectivity index (χ1n) is 6.69. The molecule has 0 bridgehead atoms. The van der Waals surface area contributed by atoms with Crippen LogP contribution in [0.25, 0.3) is 0 Å². The van der Waals surface area contributed by atoms with Gasteiger partial charge < -0.3 is 14.6 Å². The van der Waals surface area contributed by atoms with Gasteiger partial charge in [0.2, 0.25) is 0 Å². The van der Waals surface area contributed by atoms with Gasteiger partial charge in [0.1, 0.15) is 5.75 Å². The van der Waals surface area contributed by atoms with Gasteiger partial charge in [0.15, 0.2) is 11.5 Å². The highest BCUT2D eigenvalue weighted by atomic mass is 127. The summed E-state index contributed by atoms with van der Waals surface area (Å²) in [5.74, 6) is 0.471. The molecule has 0 saturated heterocycles. The van der Waals surface area contributed by atoms with Crippen LogP contribution in [0.1, 0.15) is 15.9 Å². The molecule has 0 heterocycles. The molecule has 2 rings (SSSR count). The molecule has 0 atom stereocenters. The zero-order valence-corrected chi connectivity index (χ0v) is 16.6. The number of nitrogens with zero attached hydrogens (tertiary/aromatic N) is 1. The predicted octanol–water partition coefficient (Wildman–Crippen LogP) is 3.54. The number of nitrogens with one attached hydrogen (secondary N) is 1. The molecule has 24 heavy (non-hydrogen) atoms. The van der Waals surface area contributed by atoms with Gasteiger partial charge in [-0.1, -0.05) is 15.9 Å². The van der Waals surface area contributed by atoms with Gasteiger partial charge >= 0.3 is 0 Å². The molecule has 0 fully saturated rings. The van der Waals surface area contributed by atoms with Crippen molar-refractivity contribution in [3.63, 3.8) is 0 Å². The van der Waals surface area contributed by atoms with E-state index in [1.165, 1.54) is 13.3 Å². The summed E-state index contributed by atoms with van der Waals surface area (Å²) in [5.41, 5.74) is 3.23. The second-order valence-corrected chi connectivity index (χ2v) is 6.67. The first kappa shape index (κ1) is 18.5. The molecule has 0 aliphatic carbocycles. The van der Waals surface area contributed by atoms with Gasteiger partial charge in [-0.3, -0.25) is 4.79 Å². The van der Waals surface area contributed by atoms with Crippen molar-refractivity contribution in [1.29, 1.82) is 0 Å². The number of carbonyl (C=O) groups is 1. The Morgan fingerprint density at radius 2 is 1.96 bits per heavy atom. The highest BCUT2D eigenvalue weighted by molar-refractivity contribution is 14.1. The van der Waals surface area contributed by atoms with Crippen molar-refractivity contribution in [2.24, 2.45) is 5.10 Å². The summed E-state index contributed by atoms with van der Waals surface area (Å²) < 4.78 is 11.9. The number of methoxy groups -OCH3 is 2. The quantitative estimate of drug-likeness (QED) is 0.371. The molecule has 0 aromatic heterocycles. The zero-order valence-electron chi connectivity index (χ0n) is 12.8. The Morgan fingerprint density at radius 3 is 2.62 bits per heavy atom. The van der Waals surface area contributed by atoms with Crippen LogP contribution in [-0.2, 0) is 0 Å². The molecule has 2 aromatic rings. The Morgan fingerprint density at radius 1 is 1.25 bits per heavy atom. The minimum atomic E-state index is -0.387. The second kappa shape index (κ2) is 8.34. The first-order valence-corrected chi connectivity index (χ1v) is 8.57. The Kier molecular flexibility index (Phi) is 6.44. The van der Waals surface area contributed by atoms with Crippen LogP contribution in [0.3, 0.4) is 0 Å². The van der Waals surface area contributed by atoms with E-state index in [4.69, 9.17) is 9.47 Å². The molecule has 0 unspecified atom stereocenters. The van der Waals surface area contributed by atoms with E-state index in [2.05, 4.69) is 49.0 Å². The van der Waals surface area contributed by atoms with Crippen LogP contribution < -0.4 is 14.9 Å². The number of rotatable bonds is 5. The minimum Gasteiger partial charge on any atom is -0.504 e. The lowest BCUT2D eigenvalue weighted by Gasteiger charge is -2.07. The number of amides is 1. The molecular formula is C16H14BrIN2O4. The number of phenolic OH excluding ortho intramolecular Hbond substituents is 1. The fourth-order valence-corrected chi connectivity index (χ4v) is 2.88. The number of hydrazone groups is 1. The highest BCUT2D eigenvalue weighted by Gasteiger charge is 2.10. The van der Waals surface area contributed by atoms with Crippen molar-refractivity contribution in [2.45, 2.75) is 0 Å². The topological polar surface area (TPSA) is 80.2 Å². The number of phenols is 1. The number of hydrogen-bond donors (Lipinski definition) is 2. The molecule has 0 aliphatic rings. The largest absolute Gasteiger partial charge is 0.504 e. The number of halogens is 2. The van der Waals surface area contributed by atoms with Gasteiger partial charge in [0.25, 0.3) is 5.91 Å². The zero-order chi connectivity index (χ0) is 17.7. The molecule has 6 nitrogen and oxygen atoms in total. The third-order valence-corrected chi connectivity index (χ3v) is 4.42. The molecule has 0 radical (unpaired) electrons.